The topological polar surface area (TPSA) is 77.2 Å². The maximum absolute atomic E-state index is 13.5. The van der Waals surface area contributed by atoms with Gasteiger partial charge in [-0.25, -0.2) is 18.6 Å². The van der Waals surface area contributed by atoms with E-state index in [-0.39, 0.29) is 22.8 Å². The molecule has 0 radical (unpaired) electrons. The third kappa shape index (κ3) is 2.66. The van der Waals surface area contributed by atoms with Crippen LogP contribution in [0.15, 0.2) is 30.5 Å². The molecule has 2 aromatic rings. The zero-order valence-corrected chi connectivity index (χ0v) is 10.5. The Balaban J connectivity index is 2.39. The van der Waals surface area contributed by atoms with Crippen LogP contribution in [-0.2, 0) is 4.74 Å². The van der Waals surface area contributed by atoms with E-state index < -0.39 is 17.6 Å². The van der Waals surface area contributed by atoms with Crippen LogP contribution in [0.25, 0.3) is 0 Å². The van der Waals surface area contributed by atoms with Gasteiger partial charge < -0.3 is 15.8 Å². The average Bonchev–Trinajstić information content (AvgIpc) is 2.44. The number of hydrogen-bond donors (Lipinski definition) is 2. The second kappa shape index (κ2) is 5.52. The Hall–Kier alpha value is -2.70. The molecule has 7 heteroatoms. The van der Waals surface area contributed by atoms with Gasteiger partial charge in [0.1, 0.15) is 11.6 Å². The molecule has 0 bridgehead atoms. The monoisotopic (exact) mass is 279 g/mol. The number of aromatic nitrogens is 1. The first kappa shape index (κ1) is 13.7. The largest absolute Gasteiger partial charge is 0.465 e. The molecular weight excluding hydrogens is 268 g/mol. The third-order valence-corrected chi connectivity index (χ3v) is 2.58. The number of hydrogen-bond acceptors (Lipinski definition) is 5. The number of pyridine rings is 1. The lowest BCUT2D eigenvalue weighted by atomic mass is 10.2. The van der Waals surface area contributed by atoms with E-state index in [1.54, 1.807) is 0 Å². The van der Waals surface area contributed by atoms with Crippen LogP contribution in [0.5, 0.6) is 0 Å². The maximum atomic E-state index is 13.5. The molecule has 0 aliphatic heterocycles. The summed E-state index contributed by atoms with van der Waals surface area (Å²) in [5.74, 6) is -1.89. The van der Waals surface area contributed by atoms with Crippen molar-refractivity contribution in [2.24, 2.45) is 0 Å². The molecule has 0 aliphatic rings. The molecule has 0 atom stereocenters. The van der Waals surface area contributed by atoms with Crippen LogP contribution in [0, 0.1) is 11.6 Å². The van der Waals surface area contributed by atoms with E-state index in [0.717, 1.165) is 18.2 Å². The minimum absolute atomic E-state index is 0.0111. The van der Waals surface area contributed by atoms with Crippen molar-refractivity contribution in [2.75, 3.05) is 18.2 Å². The van der Waals surface area contributed by atoms with Crippen molar-refractivity contribution in [2.45, 2.75) is 0 Å². The van der Waals surface area contributed by atoms with Crippen molar-refractivity contribution in [1.29, 1.82) is 0 Å². The summed E-state index contributed by atoms with van der Waals surface area (Å²) in [5, 5.41) is 2.54. The SMILES string of the molecule is COC(=O)c1ccnc(Nc2cc(F)ccc2F)c1N. The van der Waals surface area contributed by atoms with Gasteiger partial charge >= 0.3 is 5.97 Å². The van der Waals surface area contributed by atoms with Gasteiger partial charge in [-0.05, 0) is 18.2 Å². The van der Waals surface area contributed by atoms with Crippen LogP contribution in [0.1, 0.15) is 10.4 Å². The number of nitrogens with one attached hydrogen (secondary N) is 1. The van der Waals surface area contributed by atoms with E-state index in [4.69, 9.17) is 5.73 Å². The Morgan fingerprint density at radius 3 is 2.80 bits per heavy atom. The Labute approximate surface area is 113 Å². The second-order valence-electron chi connectivity index (χ2n) is 3.86. The third-order valence-electron chi connectivity index (χ3n) is 2.58. The first-order valence-corrected chi connectivity index (χ1v) is 5.57. The zero-order chi connectivity index (χ0) is 14.7. The first-order valence-electron chi connectivity index (χ1n) is 5.57. The van der Waals surface area contributed by atoms with Gasteiger partial charge in [0.05, 0.1) is 24.0 Å². The quantitative estimate of drug-likeness (QED) is 0.844. The lowest BCUT2D eigenvalue weighted by Gasteiger charge is -2.11. The summed E-state index contributed by atoms with van der Waals surface area (Å²) in [7, 11) is 1.21. The molecule has 0 saturated carbocycles. The van der Waals surface area contributed by atoms with Crippen LogP contribution in [0.4, 0.5) is 26.0 Å². The fourth-order valence-electron chi connectivity index (χ4n) is 1.58. The minimum Gasteiger partial charge on any atom is -0.465 e. The molecule has 0 spiro atoms. The molecule has 5 nitrogen and oxygen atoms in total. The number of nitrogen functional groups attached to an aromatic ring is 1. The van der Waals surface area contributed by atoms with E-state index in [1.807, 2.05) is 0 Å². The summed E-state index contributed by atoms with van der Waals surface area (Å²) >= 11 is 0. The number of methoxy groups -OCH3 is 1. The molecule has 3 N–H and O–H groups in total. The maximum Gasteiger partial charge on any atom is 0.340 e. The lowest BCUT2D eigenvalue weighted by molar-refractivity contribution is 0.0602. The fourth-order valence-corrected chi connectivity index (χ4v) is 1.58. The summed E-state index contributed by atoms with van der Waals surface area (Å²) in [6.07, 6.45) is 1.31. The predicted molar refractivity (Wildman–Crippen MR) is 69.6 cm³/mol. The molecule has 1 heterocycles. The van der Waals surface area contributed by atoms with Crippen LogP contribution in [-0.4, -0.2) is 18.1 Å². The van der Waals surface area contributed by atoms with Crippen LogP contribution in [0.3, 0.4) is 0 Å². The summed E-state index contributed by atoms with van der Waals surface area (Å²) in [6, 6.07) is 4.29. The number of carbonyl (C=O) groups excluding carboxylic acids is 1. The molecule has 2 rings (SSSR count). The summed E-state index contributed by atoms with van der Waals surface area (Å²) < 4.78 is 31.2. The molecule has 1 aromatic heterocycles. The predicted octanol–water partition coefficient (Wildman–Crippen LogP) is 2.47. The van der Waals surface area contributed by atoms with Gasteiger partial charge in [0, 0.05) is 12.3 Å². The van der Waals surface area contributed by atoms with Gasteiger partial charge in [0.15, 0.2) is 5.82 Å². The zero-order valence-electron chi connectivity index (χ0n) is 10.5. The van der Waals surface area contributed by atoms with Crippen molar-refractivity contribution in [3.05, 3.63) is 47.7 Å². The molecule has 1 aromatic carbocycles. The molecule has 104 valence electrons. The number of nitrogens with zero attached hydrogens (tertiary/aromatic N) is 1. The van der Waals surface area contributed by atoms with Gasteiger partial charge in [-0.3, -0.25) is 0 Å². The number of nitrogens with two attached hydrogens (primary N) is 1. The van der Waals surface area contributed by atoms with Crippen molar-refractivity contribution >= 4 is 23.2 Å². The molecule has 0 amide bonds. The van der Waals surface area contributed by atoms with Crippen LogP contribution < -0.4 is 11.1 Å². The van der Waals surface area contributed by atoms with Gasteiger partial charge in [-0.15, -0.1) is 0 Å². The molecule has 0 aliphatic carbocycles. The Bertz CT molecular complexity index is 662. The number of esters is 1. The summed E-state index contributed by atoms with van der Waals surface area (Å²) in [4.78, 5) is 15.4. The number of rotatable bonds is 3. The highest BCUT2D eigenvalue weighted by molar-refractivity contribution is 5.97. The lowest BCUT2D eigenvalue weighted by Crippen LogP contribution is -2.09. The second-order valence-corrected chi connectivity index (χ2v) is 3.86. The molecular formula is C13H11F2N3O2. The number of benzene rings is 1. The van der Waals surface area contributed by atoms with Crippen molar-refractivity contribution in [3.8, 4) is 0 Å². The minimum atomic E-state index is -0.670. The molecule has 20 heavy (non-hydrogen) atoms. The van der Waals surface area contributed by atoms with Crippen molar-refractivity contribution in [3.63, 3.8) is 0 Å². The van der Waals surface area contributed by atoms with Crippen molar-refractivity contribution in [1.82, 2.24) is 4.98 Å². The van der Waals surface area contributed by atoms with Crippen LogP contribution in [0.2, 0.25) is 0 Å². The summed E-state index contributed by atoms with van der Waals surface area (Å²) in [6.45, 7) is 0. The standard InChI is InChI=1S/C13H11F2N3O2/c1-20-13(19)8-4-5-17-12(11(8)16)18-10-6-7(14)2-3-9(10)15/h2-6H,16H2,1H3,(H,17,18). The Morgan fingerprint density at radius 1 is 1.35 bits per heavy atom. The average molecular weight is 279 g/mol. The number of anilines is 3. The highest BCUT2D eigenvalue weighted by Crippen LogP contribution is 2.26. The van der Waals surface area contributed by atoms with Gasteiger partial charge in [-0.2, -0.15) is 0 Å². The molecule has 0 saturated heterocycles. The van der Waals surface area contributed by atoms with Gasteiger partial charge in [0.2, 0.25) is 0 Å². The number of carbonyl (C=O) groups is 1. The number of ether oxygens (including phenoxy) is 1. The van der Waals surface area contributed by atoms with Crippen LogP contribution >= 0.6 is 0 Å². The summed E-state index contributed by atoms with van der Waals surface area (Å²) in [5.41, 5.74) is 5.69. The first-order chi connectivity index (χ1) is 9.52. The normalized spacial score (nSPS) is 10.2. The van der Waals surface area contributed by atoms with Gasteiger partial charge in [-0.1, -0.05) is 0 Å². The van der Waals surface area contributed by atoms with Gasteiger partial charge in [0.25, 0.3) is 0 Å². The van der Waals surface area contributed by atoms with E-state index in [2.05, 4.69) is 15.0 Å². The Morgan fingerprint density at radius 2 is 2.10 bits per heavy atom. The highest BCUT2D eigenvalue weighted by atomic mass is 19.1. The smallest absolute Gasteiger partial charge is 0.340 e. The van der Waals surface area contributed by atoms with E-state index in [0.29, 0.717) is 0 Å². The fraction of sp³-hybridized carbons (Fsp3) is 0.0769. The molecule has 0 unspecified atom stereocenters. The van der Waals surface area contributed by atoms with Crippen molar-refractivity contribution < 1.29 is 18.3 Å². The number of halogens is 2. The Kier molecular flexibility index (Phi) is 3.79. The van der Waals surface area contributed by atoms with E-state index in [1.165, 1.54) is 19.4 Å². The van der Waals surface area contributed by atoms with E-state index in [9.17, 15) is 13.6 Å². The van der Waals surface area contributed by atoms with E-state index >= 15 is 0 Å². The molecule has 0 fully saturated rings. The highest BCUT2D eigenvalue weighted by Gasteiger charge is 2.15.